The number of carbonyl (C=O) groups is 5. The Kier molecular flexibility index (Phi) is 11.4. The van der Waals surface area contributed by atoms with Crippen LogP contribution in [0.5, 0.6) is 0 Å². The van der Waals surface area contributed by atoms with E-state index in [2.05, 4.69) is 6.92 Å². The van der Waals surface area contributed by atoms with E-state index in [1.54, 1.807) is 0 Å². The Balaban J connectivity index is 0.000000209. The smallest absolute Gasteiger partial charge is 0.342 e. The summed E-state index contributed by atoms with van der Waals surface area (Å²) in [4.78, 5) is 62.1. The number of hydrogen-bond donors (Lipinski definition) is 1. The van der Waals surface area contributed by atoms with Crippen LogP contribution >= 0.6 is 0 Å². The fraction of sp³-hybridized carbons (Fsp3) is 0.711. The standard InChI is InChI=1S/C30H36O8.C15H22O2/c31-25(37-29(33)27-19-7-5-17(13-19)23(27)15-21-3-1-11-35-21)9-10-26(32)38-30(34)28-20-8-6-18(14-20)24(28)16-22-4-2-12-36-22;1-15-8-7-11(9-15)12(14(16)17)13(15)10-5-3-2-4-6-10/h9-10,17-22H,1-8,11-16H2;10-11H,2-9H2,1H3,(H,16,17)/b10-9-;. The molecule has 6 bridgehead atoms. The van der Waals surface area contributed by atoms with Gasteiger partial charge in [-0.25, -0.2) is 24.0 Å². The third kappa shape index (κ3) is 7.96. The van der Waals surface area contributed by atoms with Crippen molar-refractivity contribution < 1.29 is 48.0 Å². The molecule has 2 aliphatic heterocycles. The van der Waals surface area contributed by atoms with E-state index in [-0.39, 0.29) is 29.5 Å². The van der Waals surface area contributed by atoms with Gasteiger partial charge in [-0.2, -0.15) is 0 Å². The van der Waals surface area contributed by atoms with Gasteiger partial charge >= 0.3 is 29.8 Å². The van der Waals surface area contributed by atoms with Gasteiger partial charge in [0.1, 0.15) is 0 Å². The maximum atomic E-state index is 12.9. The normalized spacial score (nSPS) is 35.0. The Hall–Kier alpha value is -3.37. The Morgan fingerprint density at radius 3 is 1.60 bits per heavy atom. The highest BCUT2D eigenvalue weighted by molar-refractivity contribution is 6.05. The molecule has 0 amide bonds. The van der Waals surface area contributed by atoms with Gasteiger partial charge < -0.3 is 24.1 Å². The average Bonchev–Trinajstić information content (AvgIpc) is 4.02. The van der Waals surface area contributed by atoms with Crippen molar-refractivity contribution in [3.05, 3.63) is 45.6 Å². The lowest BCUT2D eigenvalue weighted by Crippen LogP contribution is -2.25. The van der Waals surface area contributed by atoms with Crippen LogP contribution in [0.4, 0.5) is 0 Å². The molecule has 8 unspecified atom stereocenters. The minimum Gasteiger partial charge on any atom is -0.478 e. The summed E-state index contributed by atoms with van der Waals surface area (Å²) in [5, 5.41) is 9.49. The number of carboxylic acid groups (broad SMARTS) is 1. The van der Waals surface area contributed by atoms with Gasteiger partial charge in [-0.1, -0.05) is 42.9 Å². The van der Waals surface area contributed by atoms with Crippen LogP contribution in [0.15, 0.2) is 45.6 Å². The third-order valence-electron chi connectivity index (χ3n) is 14.8. The second-order valence-corrected chi connectivity index (χ2v) is 18.2. The molecular formula is C45H58O10. The molecule has 1 N–H and O–H groups in total. The molecule has 55 heavy (non-hydrogen) atoms. The first-order valence-corrected chi connectivity index (χ1v) is 21.4. The predicted molar refractivity (Wildman–Crippen MR) is 201 cm³/mol. The van der Waals surface area contributed by atoms with Gasteiger partial charge in [0, 0.05) is 42.1 Å². The fourth-order valence-corrected chi connectivity index (χ4v) is 12.5. The summed E-state index contributed by atoms with van der Waals surface area (Å²) in [6, 6.07) is 0. The number of fused-ring (bicyclic) bond motifs is 6. The lowest BCUT2D eigenvalue weighted by molar-refractivity contribution is -0.156. The van der Waals surface area contributed by atoms with Crippen LogP contribution in [-0.2, 0) is 42.9 Å². The number of esters is 4. The molecule has 10 nitrogen and oxygen atoms in total. The summed E-state index contributed by atoms with van der Waals surface area (Å²) in [5.74, 6) is -1.82. The highest BCUT2D eigenvalue weighted by atomic mass is 16.6. The van der Waals surface area contributed by atoms with E-state index in [9.17, 15) is 29.1 Å². The highest BCUT2D eigenvalue weighted by Crippen LogP contribution is 2.61. The van der Waals surface area contributed by atoms with E-state index in [1.165, 1.54) is 44.1 Å². The zero-order chi connectivity index (χ0) is 38.3. The quantitative estimate of drug-likeness (QED) is 0.132. The van der Waals surface area contributed by atoms with Gasteiger partial charge in [0.05, 0.1) is 12.2 Å². The van der Waals surface area contributed by atoms with Gasteiger partial charge in [-0.05, 0) is 150 Å². The molecule has 298 valence electrons. The summed E-state index contributed by atoms with van der Waals surface area (Å²) in [6.07, 6.45) is 23.1. The number of ether oxygens (including phenoxy) is 4. The summed E-state index contributed by atoms with van der Waals surface area (Å²) < 4.78 is 21.7. The van der Waals surface area contributed by atoms with E-state index >= 15 is 0 Å². The summed E-state index contributed by atoms with van der Waals surface area (Å²) in [6.45, 7) is 3.82. The minimum atomic E-state index is -0.940. The Morgan fingerprint density at radius 2 is 1.13 bits per heavy atom. The van der Waals surface area contributed by atoms with Crippen molar-refractivity contribution in [3.63, 3.8) is 0 Å². The topological polar surface area (TPSA) is 142 Å². The number of carboxylic acids is 1. The van der Waals surface area contributed by atoms with E-state index in [1.807, 2.05) is 0 Å². The summed E-state index contributed by atoms with van der Waals surface area (Å²) >= 11 is 0. The van der Waals surface area contributed by atoms with Crippen molar-refractivity contribution in [2.45, 2.75) is 148 Å². The van der Waals surface area contributed by atoms with Crippen molar-refractivity contribution in [1.29, 1.82) is 0 Å². The molecule has 2 heterocycles. The van der Waals surface area contributed by atoms with Crippen molar-refractivity contribution in [2.24, 2.45) is 40.9 Å². The molecule has 7 aliphatic carbocycles. The Labute approximate surface area is 324 Å². The molecule has 0 spiro atoms. The van der Waals surface area contributed by atoms with Crippen molar-refractivity contribution in [1.82, 2.24) is 0 Å². The molecular weight excluding hydrogens is 700 g/mol. The van der Waals surface area contributed by atoms with Crippen LogP contribution < -0.4 is 0 Å². The molecule has 0 radical (unpaired) electrons. The fourth-order valence-electron chi connectivity index (χ4n) is 12.5. The van der Waals surface area contributed by atoms with E-state index in [0.717, 1.165) is 132 Å². The molecule has 6 fully saturated rings. The van der Waals surface area contributed by atoms with Crippen LogP contribution in [0.2, 0.25) is 0 Å². The van der Waals surface area contributed by atoms with Crippen molar-refractivity contribution in [3.8, 4) is 0 Å². The number of rotatable bonds is 10. The molecule has 10 heteroatoms. The maximum Gasteiger partial charge on any atom is 0.342 e. The average molecular weight is 759 g/mol. The first-order chi connectivity index (χ1) is 26.6. The van der Waals surface area contributed by atoms with E-state index < -0.39 is 29.8 Å². The molecule has 9 aliphatic rings. The third-order valence-corrected chi connectivity index (χ3v) is 14.8. The van der Waals surface area contributed by atoms with Gasteiger partial charge in [0.15, 0.2) is 0 Å². The molecule has 0 aromatic carbocycles. The van der Waals surface area contributed by atoms with Crippen LogP contribution in [0.3, 0.4) is 0 Å². The first kappa shape index (κ1) is 38.5. The largest absolute Gasteiger partial charge is 0.478 e. The molecule has 4 saturated carbocycles. The summed E-state index contributed by atoms with van der Waals surface area (Å²) in [5.41, 5.74) is 5.83. The highest BCUT2D eigenvalue weighted by Gasteiger charge is 2.52. The molecule has 9 rings (SSSR count). The van der Waals surface area contributed by atoms with Gasteiger partial charge in [-0.15, -0.1) is 0 Å². The molecule has 2 saturated heterocycles. The molecule has 0 aromatic heterocycles. The second-order valence-electron chi connectivity index (χ2n) is 18.2. The number of hydrogen-bond acceptors (Lipinski definition) is 9. The lowest BCUT2D eigenvalue weighted by atomic mass is 9.70. The van der Waals surface area contributed by atoms with Gasteiger partial charge in [0.25, 0.3) is 0 Å². The van der Waals surface area contributed by atoms with Crippen molar-refractivity contribution >= 4 is 29.8 Å². The van der Waals surface area contributed by atoms with Crippen molar-refractivity contribution in [2.75, 3.05) is 13.2 Å². The van der Waals surface area contributed by atoms with E-state index in [4.69, 9.17) is 18.9 Å². The second kappa shape index (κ2) is 16.2. The zero-order valence-electron chi connectivity index (χ0n) is 32.5. The lowest BCUT2D eigenvalue weighted by Gasteiger charge is -2.35. The first-order valence-electron chi connectivity index (χ1n) is 21.4. The zero-order valence-corrected chi connectivity index (χ0v) is 32.5. The maximum absolute atomic E-state index is 12.9. The van der Waals surface area contributed by atoms with Crippen LogP contribution in [-0.4, -0.2) is 60.4 Å². The molecule has 0 aromatic rings. The minimum absolute atomic E-state index is 0.127. The number of aliphatic carboxylic acids is 1. The van der Waals surface area contributed by atoms with Crippen LogP contribution in [0.1, 0.15) is 135 Å². The Bertz CT molecular complexity index is 1610. The molecule has 8 atom stereocenters. The monoisotopic (exact) mass is 758 g/mol. The Morgan fingerprint density at radius 1 is 0.618 bits per heavy atom. The SMILES string of the molecule is CC12CCC(C1)C(C(=O)O)=C2C1CCCCC1.O=C(/C=C\C(=O)OC(=O)C1=C(CC2CCCO2)C2CCC1C2)OC(=O)C1=C(CC2CCCO2)C2CCC1C2. The van der Waals surface area contributed by atoms with E-state index in [0.29, 0.717) is 34.8 Å². The van der Waals surface area contributed by atoms with Gasteiger partial charge in [0.2, 0.25) is 0 Å². The van der Waals surface area contributed by atoms with Crippen LogP contribution in [0, 0.1) is 40.9 Å². The predicted octanol–water partition coefficient (Wildman–Crippen LogP) is 8.04. The van der Waals surface area contributed by atoms with Gasteiger partial charge in [-0.3, -0.25) is 0 Å². The summed E-state index contributed by atoms with van der Waals surface area (Å²) in [7, 11) is 0. The van der Waals surface area contributed by atoms with Crippen LogP contribution in [0.25, 0.3) is 0 Å². The number of carbonyl (C=O) groups excluding carboxylic acids is 4. The number of allylic oxidation sites excluding steroid dienone is 1.